The van der Waals surface area contributed by atoms with Gasteiger partial charge in [-0.2, -0.15) is 0 Å². The molecule has 7 nitrogen and oxygen atoms in total. The lowest BCUT2D eigenvalue weighted by molar-refractivity contribution is 0.102. The molecular weight excluding hydrogens is 402 g/mol. The molecule has 1 amide bonds. The number of ether oxygens (including phenoxy) is 1. The van der Waals surface area contributed by atoms with Gasteiger partial charge < -0.3 is 20.3 Å². The number of pyridine rings is 2. The van der Waals surface area contributed by atoms with Gasteiger partial charge in [0.15, 0.2) is 0 Å². The monoisotopic (exact) mass is 425 g/mol. The molecule has 0 saturated carbocycles. The number of carbonyl (C=O) groups is 1. The molecule has 8 heteroatoms. The van der Waals surface area contributed by atoms with Crippen LogP contribution in [0.25, 0.3) is 0 Å². The summed E-state index contributed by atoms with van der Waals surface area (Å²) in [6.07, 6.45) is 5.15. The minimum Gasteiger partial charge on any atom is -0.378 e. The number of benzene rings is 1. The molecule has 1 aromatic carbocycles. The summed E-state index contributed by atoms with van der Waals surface area (Å²) in [6, 6.07) is 15.2. The van der Waals surface area contributed by atoms with Crippen LogP contribution in [0.15, 0.2) is 67.1 Å². The van der Waals surface area contributed by atoms with Crippen LogP contribution in [0.1, 0.15) is 15.9 Å². The van der Waals surface area contributed by atoms with Crippen molar-refractivity contribution in [3.63, 3.8) is 0 Å². The summed E-state index contributed by atoms with van der Waals surface area (Å²) in [5.41, 5.74) is 3.44. The van der Waals surface area contributed by atoms with E-state index in [4.69, 9.17) is 4.74 Å². The van der Waals surface area contributed by atoms with Gasteiger partial charge in [-0.1, -0.05) is 0 Å². The molecule has 1 aliphatic rings. The van der Waals surface area contributed by atoms with Crippen molar-refractivity contribution in [1.29, 1.82) is 0 Å². The van der Waals surface area contributed by atoms with E-state index in [0.717, 1.165) is 43.2 Å². The van der Waals surface area contributed by atoms with Crippen molar-refractivity contribution in [3.8, 4) is 0 Å². The van der Waals surface area contributed by atoms with E-state index in [2.05, 4.69) is 25.5 Å². The van der Waals surface area contributed by atoms with Gasteiger partial charge in [-0.05, 0) is 54.1 Å². The first-order valence-electron chi connectivity index (χ1n) is 9.61. The Labute approximate surface area is 181 Å². The average molecular weight is 426 g/mol. The summed E-state index contributed by atoms with van der Waals surface area (Å²) in [6.45, 7) is 3.82. The summed E-state index contributed by atoms with van der Waals surface area (Å²) >= 11 is 0. The summed E-state index contributed by atoms with van der Waals surface area (Å²) < 4.78 is 5.39. The Morgan fingerprint density at radius 1 is 1.00 bits per heavy atom. The molecule has 156 valence electrons. The number of nitrogens with one attached hydrogen (secondary N) is 2. The molecule has 1 aliphatic heterocycles. The van der Waals surface area contributed by atoms with Crippen molar-refractivity contribution in [1.82, 2.24) is 9.97 Å². The number of nitrogens with zero attached hydrogens (tertiary/aromatic N) is 3. The Morgan fingerprint density at radius 3 is 2.47 bits per heavy atom. The van der Waals surface area contributed by atoms with E-state index in [1.807, 2.05) is 36.4 Å². The number of amides is 1. The van der Waals surface area contributed by atoms with Crippen LogP contribution in [0, 0.1) is 0 Å². The lowest BCUT2D eigenvalue weighted by atomic mass is 10.2. The standard InChI is InChI=1S/C22H23N5O2.ClH/c28-22(26-18-3-5-19(6-4-18)27-12-14-29-15-13-27)20-2-1-9-24-21(20)25-16-17-7-10-23-11-8-17;/h1-11H,12-16H2,(H,24,25)(H,26,28);1H. The maximum atomic E-state index is 12.8. The highest BCUT2D eigenvalue weighted by Crippen LogP contribution is 2.20. The van der Waals surface area contributed by atoms with Gasteiger partial charge in [0.2, 0.25) is 0 Å². The van der Waals surface area contributed by atoms with Crippen molar-refractivity contribution in [3.05, 3.63) is 78.2 Å². The van der Waals surface area contributed by atoms with Crippen molar-refractivity contribution in [2.24, 2.45) is 0 Å². The van der Waals surface area contributed by atoms with Gasteiger partial charge in [0, 0.05) is 49.6 Å². The molecule has 30 heavy (non-hydrogen) atoms. The number of morpholine rings is 1. The van der Waals surface area contributed by atoms with E-state index in [9.17, 15) is 4.79 Å². The van der Waals surface area contributed by atoms with Crippen LogP contribution >= 0.6 is 12.4 Å². The van der Waals surface area contributed by atoms with Crippen LogP contribution in [-0.2, 0) is 11.3 Å². The molecule has 1 fully saturated rings. The molecule has 0 unspecified atom stereocenters. The Bertz CT molecular complexity index is 947. The number of halogens is 1. The van der Waals surface area contributed by atoms with Crippen molar-refractivity contribution in [2.45, 2.75) is 6.54 Å². The Kier molecular flexibility index (Phi) is 7.59. The average Bonchev–Trinajstić information content (AvgIpc) is 2.80. The Morgan fingerprint density at radius 2 is 1.73 bits per heavy atom. The second-order valence-corrected chi connectivity index (χ2v) is 6.71. The van der Waals surface area contributed by atoms with Crippen LogP contribution in [0.4, 0.5) is 17.2 Å². The zero-order valence-electron chi connectivity index (χ0n) is 16.5. The molecule has 4 rings (SSSR count). The van der Waals surface area contributed by atoms with E-state index >= 15 is 0 Å². The van der Waals surface area contributed by atoms with E-state index < -0.39 is 0 Å². The van der Waals surface area contributed by atoms with Crippen LogP contribution in [0.2, 0.25) is 0 Å². The number of carbonyl (C=O) groups excluding carboxylic acids is 1. The van der Waals surface area contributed by atoms with Crippen LogP contribution in [0.3, 0.4) is 0 Å². The molecule has 3 heterocycles. The highest BCUT2D eigenvalue weighted by molar-refractivity contribution is 6.07. The maximum absolute atomic E-state index is 12.8. The first-order valence-corrected chi connectivity index (χ1v) is 9.61. The van der Waals surface area contributed by atoms with Gasteiger partial charge in [-0.15, -0.1) is 12.4 Å². The van der Waals surface area contributed by atoms with E-state index in [1.54, 1.807) is 30.7 Å². The van der Waals surface area contributed by atoms with Gasteiger partial charge in [-0.3, -0.25) is 9.78 Å². The summed E-state index contributed by atoms with van der Waals surface area (Å²) in [5.74, 6) is 0.348. The van der Waals surface area contributed by atoms with Crippen molar-refractivity contribution >= 4 is 35.5 Å². The van der Waals surface area contributed by atoms with E-state index in [1.165, 1.54) is 0 Å². The molecule has 2 aromatic heterocycles. The summed E-state index contributed by atoms with van der Waals surface area (Å²) in [5, 5.41) is 6.18. The smallest absolute Gasteiger partial charge is 0.259 e. The molecular formula is C22H24ClN5O2. The molecule has 0 aliphatic carbocycles. The Balaban J connectivity index is 0.00000256. The lowest BCUT2D eigenvalue weighted by Crippen LogP contribution is -2.36. The van der Waals surface area contributed by atoms with Crippen molar-refractivity contribution in [2.75, 3.05) is 41.8 Å². The quantitative estimate of drug-likeness (QED) is 0.628. The molecule has 1 saturated heterocycles. The third-order valence-corrected chi connectivity index (χ3v) is 4.76. The van der Waals surface area contributed by atoms with Crippen molar-refractivity contribution < 1.29 is 9.53 Å². The number of anilines is 3. The number of rotatable bonds is 6. The second-order valence-electron chi connectivity index (χ2n) is 6.71. The summed E-state index contributed by atoms with van der Waals surface area (Å²) in [4.78, 5) is 23.4. The first kappa shape index (κ1) is 21.5. The third kappa shape index (κ3) is 5.46. The van der Waals surface area contributed by atoms with Gasteiger partial charge in [0.1, 0.15) is 5.82 Å². The summed E-state index contributed by atoms with van der Waals surface area (Å²) in [7, 11) is 0. The topological polar surface area (TPSA) is 79.4 Å². The van der Waals surface area contributed by atoms with E-state index in [-0.39, 0.29) is 18.3 Å². The highest BCUT2D eigenvalue weighted by atomic mass is 35.5. The zero-order valence-corrected chi connectivity index (χ0v) is 17.3. The predicted molar refractivity (Wildman–Crippen MR) is 120 cm³/mol. The minimum absolute atomic E-state index is 0. The van der Waals surface area contributed by atoms with Gasteiger partial charge in [-0.25, -0.2) is 4.98 Å². The fourth-order valence-electron chi connectivity index (χ4n) is 3.19. The van der Waals surface area contributed by atoms with Crippen LogP contribution in [0.5, 0.6) is 0 Å². The van der Waals surface area contributed by atoms with Crippen LogP contribution < -0.4 is 15.5 Å². The van der Waals surface area contributed by atoms with Crippen LogP contribution in [-0.4, -0.2) is 42.2 Å². The molecule has 0 bridgehead atoms. The van der Waals surface area contributed by atoms with Gasteiger partial charge in [0.25, 0.3) is 5.91 Å². The first-order chi connectivity index (χ1) is 14.3. The fourth-order valence-corrected chi connectivity index (χ4v) is 3.19. The number of aromatic nitrogens is 2. The van der Waals surface area contributed by atoms with Gasteiger partial charge in [0.05, 0.1) is 18.8 Å². The third-order valence-electron chi connectivity index (χ3n) is 4.76. The fraction of sp³-hybridized carbons (Fsp3) is 0.227. The molecule has 0 atom stereocenters. The number of hydrogen-bond donors (Lipinski definition) is 2. The van der Waals surface area contributed by atoms with Gasteiger partial charge >= 0.3 is 0 Å². The largest absolute Gasteiger partial charge is 0.378 e. The molecule has 0 radical (unpaired) electrons. The second kappa shape index (κ2) is 10.6. The SMILES string of the molecule is Cl.O=C(Nc1ccc(N2CCOCC2)cc1)c1cccnc1NCc1ccncc1. The zero-order chi connectivity index (χ0) is 19.9. The lowest BCUT2D eigenvalue weighted by Gasteiger charge is -2.28. The predicted octanol–water partition coefficient (Wildman–Crippen LogP) is 3.60. The Hall–Kier alpha value is -3.16. The minimum atomic E-state index is -0.200. The maximum Gasteiger partial charge on any atom is 0.259 e. The number of hydrogen-bond acceptors (Lipinski definition) is 6. The molecule has 0 spiro atoms. The highest BCUT2D eigenvalue weighted by Gasteiger charge is 2.14. The molecule has 3 aromatic rings. The normalized spacial score (nSPS) is 13.3. The molecule has 2 N–H and O–H groups in total. The van der Waals surface area contributed by atoms with E-state index in [0.29, 0.717) is 17.9 Å².